The molecule has 0 unspecified atom stereocenters. The Kier molecular flexibility index (Phi) is 3.34. The fourth-order valence-corrected chi connectivity index (χ4v) is 2.90. The summed E-state index contributed by atoms with van der Waals surface area (Å²) in [5, 5.41) is 0. The average molecular weight is 335 g/mol. The highest BCUT2D eigenvalue weighted by atomic mass is 79.9. The van der Waals surface area contributed by atoms with Crippen molar-refractivity contribution in [3.8, 4) is 5.75 Å². The predicted molar refractivity (Wildman–Crippen MR) is 77.9 cm³/mol. The van der Waals surface area contributed by atoms with E-state index in [-0.39, 0.29) is 11.3 Å². The van der Waals surface area contributed by atoms with Gasteiger partial charge in [0.05, 0.1) is 17.7 Å². The van der Waals surface area contributed by atoms with Gasteiger partial charge in [0, 0.05) is 10.9 Å². The summed E-state index contributed by atoms with van der Waals surface area (Å²) in [4.78, 5) is 12.6. The van der Waals surface area contributed by atoms with Crippen LogP contribution in [0.5, 0.6) is 5.75 Å². The number of ketones is 1. The first kappa shape index (κ1) is 13.3. The molecule has 2 aromatic carbocycles. The molecule has 0 spiro atoms. The molecule has 0 saturated carbocycles. The van der Waals surface area contributed by atoms with Gasteiger partial charge in [-0.25, -0.2) is 4.39 Å². The zero-order valence-corrected chi connectivity index (χ0v) is 12.5. The maximum atomic E-state index is 13.9. The van der Waals surface area contributed by atoms with Crippen molar-refractivity contribution < 1.29 is 13.9 Å². The number of rotatable bonds is 2. The molecule has 20 heavy (non-hydrogen) atoms. The molecule has 2 nitrogen and oxygen atoms in total. The monoisotopic (exact) mass is 334 g/mol. The number of halogens is 2. The number of benzene rings is 2. The molecule has 1 heterocycles. The lowest BCUT2D eigenvalue weighted by molar-refractivity contribution is 0.103. The van der Waals surface area contributed by atoms with Gasteiger partial charge in [-0.15, -0.1) is 0 Å². The number of fused-ring (bicyclic) bond motifs is 1. The van der Waals surface area contributed by atoms with Gasteiger partial charge in [-0.05, 0) is 36.8 Å². The van der Waals surface area contributed by atoms with E-state index in [1.54, 1.807) is 18.2 Å². The lowest BCUT2D eigenvalue weighted by Crippen LogP contribution is -2.07. The van der Waals surface area contributed by atoms with Crippen molar-refractivity contribution in [3.05, 3.63) is 62.9 Å². The molecule has 4 heteroatoms. The van der Waals surface area contributed by atoms with Crippen molar-refractivity contribution in [3.63, 3.8) is 0 Å². The molecule has 0 fully saturated rings. The van der Waals surface area contributed by atoms with Gasteiger partial charge in [0.2, 0.25) is 0 Å². The molecule has 0 radical (unpaired) electrons. The normalized spacial score (nSPS) is 12.9. The van der Waals surface area contributed by atoms with Crippen LogP contribution in [0.15, 0.2) is 34.8 Å². The fourth-order valence-electron chi connectivity index (χ4n) is 2.40. The van der Waals surface area contributed by atoms with Crippen LogP contribution in [0, 0.1) is 12.7 Å². The van der Waals surface area contributed by atoms with E-state index in [9.17, 15) is 9.18 Å². The van der Waals surface area contributed by atoms with Crippen LogP contribution in [-0.4, -0.2) is 12.4 Å². The highest BCUT2D eigenvalue weighted by Gasteiger charge is 2.24. The van der Waals surface area contributed by atoms with Crippen LogP contribution in [0.3, 0.4) is 0 Å². The molecule has 0 saturated heterocycles. The number of hydrogen-bond donors (Lipinski definition) is 0. The van der Waals surface area contributed by atoms with E-state index in [0.717, 1.165) is 22.0 Å². The Morgan fingerprint density at radius 2 is 2.05 bits per heavy atom. The molecule has 0 N–H and O–H groups in total. The Balaban J connectivity index is 2.14. The van der Waals surface area contributed by atoms with Gasteiger partial charge in [0.15, 0.2) is 5.78 Å². The largest absolute Gasteiger partial charge is 0.492 e. The van der Waals surface area contributed by atoms with Crippen molar-refractivity contribution >= 4 is 21.7 Å². The van der Waals surface area contributed by atoms with Crippen LogP contribution >= 0.6 is 15.9 Å². The third-order valence-corrected chi connectivity index (χ3v) is 3.82. The molecule has 0 amide bonds. The second-order valence-corrected chi connectivity index (χ2v) is 5.77. The first-order valence-electron chi connectivity index (χ1n) is 6.32. The summed E-state index contributed by atoms with van der Waals surface area (Å²) in [7, 11) is 0. The highest BCUT2D eigenvalue weighted by molar-refractivity contribution is 9.10. The van der Waals surface area contributed by atoms with Gasteiger partial charge in [-0.1, -0.05) is 27.6 Å². The summed E-state index contributed by atoms with van der Waals surface area (Å²) < 4.78 is 20.2. The Labute approximate surface area is 124 Å². The number of aryl methyl sites for hydroxylation is 1. The van der Waals surface area contributed by atoms with Gasteiger partial charge >= 0.3 is 0 Å². The Bertz CT molecular complexity index is 710. The second kappa shape index (κ2) is 5.02. The van der Waals surface area contributed by atoms with Crippen molar-refractivity contribution in [2.45, 2.75) is 13.3 Å². The average Bonchev–Trinajstić information content (AvgIpc) is 2.87. The molecule has 102 valence electrons. The Hall–Kier alpha value is -1.68. The number of ether oxygens (including phenoxy) is 1. The number of carbonyl (C=O) groups excluding carboxylic acids is 1. The number of carbonyl (C=O) groups is 1. The van der Waals surface area contributed by atoms with Gasteiger partial charge in [-0.3, -0.25) is 4.79 Å². The minimum Gasteiger partial charge on any atom is -0.492 e. The minimum absolute atomic E-state index is 0.0841. The third-order valence-electron chi connectivity index (χ3n) is 3.36. The summed E-state index contributed by atoms with van der Waals surface area (Å²) in [5.74, 6) is -0.267. The molecule has 2 aromatic rings. The van der Waals surface area contributed by atoms with Crippen LogP contribution in [0.1, 0.15) is 27.0 Å². The molecular weight excluding hydrogens is 323 g/mol. The van der Waals surface area contributed by atoms with E-state index in [1.807, 2.05) is 13.0 Å². The first-order valence-corrected chi connectivity index (χ1v) is 7.11. The minimum atomic E-state index is -0.507. The van der Waals surface area contributed by atoms with E-state index in [4.69, 9.17) is 4.74 Å². The third kappa shape index (κ3) is 2.24. The Morgan fingerprint density at radius 3 is 2.85 bits per heavy atom. The summed E-state index contributed by atoms with van der Waals surface area (Å²) in [6.07, 6.45) is 0.769. The van der Waals surface area contributed by atoms with Crippen molar-refractivity contribution in [2.75, 3.05) is 6.61 Å². The van der Waals surface area contributed by atoms with E-state index in [2.05, 4.69) is 15.9 Å². The van der Waals surface area contributed by atoms with Crippen LogP contribution < -0.4 is 4.74 Å². The van der Waals surface area contributed by atoms with Gasteiger partial charge in [0.1, 0.15) is 11.6 Å². The van der Waals surface area contributed by atoms with Crippen LogP contribution in [0.25, 0.3) is 0 Å². The zero-order valence-electron chi connectivity index (χ0n) is 10.9. The molecule has 0 aromatic heterocycles. The zero-order chi connectivity index (χ0) is 14.3. The fraction of sp³-hybridized carbons (Fsp3) is 0.188. The molecule has 3 rings (SSSR count). The van der Waals surface area contributed by atoms with E-state index >= 15 is 0 Å². The van der Waals surface area contributed by atoms with Gasteiger partial charge < -0.3 is 4.74 Å². The second-order valence-electron chi connectivity index (χ2n) is 4.85. The van der Waals surface area contributed by atoms with Crippen LogP contribution in [0.2, 0.25) is 0 Å². The Morgan fingerprint density at radius 1 is 1.25 bits per heavy atom. The number of hydrogen-bond acceptors (Lipinski definition) is 2. The lowest BCUT2D eigenvalue weighted by Gasteiger charge is -2.09. The molecule has 0 aliphatic carbocycles. The first-order chi connectivity index (χ1) is 9.56. The highest BCUT2D eigenvalue weighted by Crippen LogP contribution is 2.34. The smallest absolute Gasteiger partial charge is 0.199 e. The van der Waals surface area contributed by atoms with E-state index in [0.29, 0.717) is 17.9 Å². The summed E-state index contributed by atoms with van der Waals surface area (Å²) >= 11 is 3.39. The van der Waals surface area contributed by atoms with Crippen LogP contribution in [0.4, 0.5) is 4.39 Å². The van der Waals surface area contributed by atoms with Crippen LogP contribution in [-0.2, 0) is 6.42 Å². The standard InChI is InChI=1S/C16H12BrFO2/c1-9-2-3-14(18)12(6-9)15(19)13-8-11(17)7-10-4-5-20-16(10)13/h2-3,6-8H,4-5H2,1H3. The quantitative estimate of drug-likeness (QED) is 0.774. The van der Waals surface area contributed by atoms with E-state index in [1.165, 1.54) is 6.07 Å². The predicted octanol–water partition coefficient (Wildman–Crippen LogP) is 4.06. The summed E-state index contributed by atoms with van der Waals surface area (Å²) in [6.45, 7) is 2.39. The van der Waals surface area contributed by atoms with Crippen molar-refractivity contribution in [2.24, 2.45) is 0 Å². The van der Waals surface area contributed by atoms with Gasteiger partial charge in [-0.2, -0.15) is 0 Å². The summed E-state index contributed by atoms with van der Waals surface area (Å²) in [5.41, 5.74) is 2.33. The lowest BCUT2D eigenvalue weighted by atomic mass is 9.98. The SMILES string of the molecule is Cc1ccc(F)c(C(=O)c2cc(Br)cc3c2OCC3)c1. The molecular formula is C16H12BrFO2. The van der Waals surface area contributed by atoms with Crippen molar-refractivity contribution in [1.82, 2.24) is 0 Å². The molecule has 0 bridgehead atoms. The molecule has 0 atom stereocenters. The molecule has 1 aliphatic heterocycles. The van der Waals surface area contributed by atoms with Crippen molar-refractivity contribution in [1.29, 1.82) is 0 Å². The maximum absolute atomic E-state index is 13.9. The maximum Gasteiger partial charge on any atom is 0.199 e. The topological polar surface area (TPSA) is 26.3 Å². The van der Waals surface area contributed by atoms with Gasteiger partial charge in [0.25, 0.3) is 0 Å². The molecule has 1 aliphatic rings. The van der Waals surface area contributed by atoms with E-state index < -0.39 is 5.82 Å². The summed E-state index contributed by atoms with van der Waals surface area (Å²) in [6, 6.07) is 8.16.